The molecule has 2 aliphatic rings. The van der Waals surface area contributed by atoms with Gasteiger partial charge < -0.3 is 0 Å². The molecule has 0 unspecified atom stereocenters. The molecule has 0 aromatic heterocycles. The highest BCUT2D eigenvalue weighted by molar-refractivity contribution is 8.01. The predicted molar refractivity (Wildman–Crippen MR) is 178 cm³/mol. The molecule has 0 bridgehead atoms. The molecule has 0 nitrogen and oxygen atoms in total. The zero-order valence-corrected chi connectivity index (χ0v) is 23.8. The molecule has 7 aromatic carbocycles. The summed E-state index contributed by atoms with van der Waals surface area (Å²) in [5.41, 5.74) is 9.51. The molecule has 0 atom stereocenters. The lowest BCUT2D eigenvalue weighted by atomic mass is 9.36. The molecule has 0 fully saturated rings. The molecule has 0 aliphatic carbocycles. The molecule has 0 amide bonds. The maximum absolute atomic E-state index is 2.47. The van der Waals surface area contributed by atoms with Crippen LogP contribution in [0.15, 0.2) is 159 Å². The molecule has 0 spiro atoms. The van der Waals surface area contributed by atoms with Crippen molar-refractivity contribution in [2.75, 3.05) is 0 Å². The highest BCUT2D eigenvalue weighted by Crippen LogP contribution is 2.46. The number of benzene rings is 7. The van der Waals surface area contributed by atoms with Crippen LogP contribution in [0.3, 0.4) is 0 Å². The van der Waals surface area contributed by atoms with Crippen LogP contribution in [0.4, 0.5) is 0 Å². The van der Waals surface area contributed by atoms with Gasteiger partial charge in [-0.15, -0.1) is 0 Å². The van der Waals surface area contributed by atoms with E-state index in [1.807, 2.05) is 23.5 Å². The van der Waals surface area contributed by atoms with Crippen molar-refractivity contribution in [3.63, 3.8) is 0 Å². The number of hydrogen-bond donors (Lipinski definition) is 0. The van der Waals surface area contributed by atoms with Crippen LogP contribution in [0.1, 0.15) is 0 Å². The molecule has 2 heterocycles. The van der Waals surface area contributed by atoms with Crippen molar-refractivity contribution in [3.8, 4) is 22.3 Å². The molecule has 2 aliphatic heterocycles. The van der Waals surface area contributed by atoms with E-state index in [9.17, 15) is 0 Å². The smallest absolute Gasteiger partial charge is 0.0911 e. The van der Waals surface area contributed by atoms with E-state index in [4.69, 9.17) is 0 Å². The van der Waals surface area contributed by atoms with Gasteiger partial charge in [0.15, 0.2) is 0 Å². The minimum absolute atomic E-state index is 0.276. The van der Waals surface area contributed by atoms with Crippen LogP contribution in [0.5, 0.6) is 0 Å². The topological polar surface area (TPSA) is 0 Å². The maximum Gasteiger partial charge on any atom is 0.247 e. The predicted octanol–water partition coefficient (Wildman–Crippen LogP) is 8.77. The second-order valence-corrected chi connectivity index (χ2v) is 13.0. The zero-order valence-electron chi connectivity index (χ0n) is 22.2. The van der Waals surface area contributed by atoms with Gasteiger partial charge in [-0.05, 0) is 73.5 Å². The van der Waals surface area contributed by atoms with Gasteiger partial charge in [-0.2, -0.15) is 0 Å². The van der Waals surface area contributed by atoms with E-state index >= 15 is 0 Å². The molecule has 0 saturated carbocycles. The summed E-state index contributed by atoms with van der Waals surface area (Å²) in [4.78, 5) is 5.49. The van der Waals surface area contributed by atoms with Gasteiger partial charge in [0.05, 0.1) is 0 Å². The van der Waals surface area contributed by atoms with Gasteiger partial charge in [0, 0.05) is 19.6 Å². The van der Waals surface area contributed by atoms with Crippen LogP contribution in [0, 0.1) is 0 Å². The van der Waals surface area contributed by atoms with E-state index in [1.165, 1.54) is 79.8 Å². The van der Waals surface area contributed by atoms with Crippen molar-refractivity contribution in [1.29, 1.82) is 0 Å². The minimum atomic E-state index is 0.276. The Morgan fingerprint density at radius 2 is 0.780 bits per heavy atom. The molecule has 190 valence electrons. The van der Waals surface area contributed by atoms with Crippen LogP contribution < -0.4 is 16.4 Å². The summed E-state index contributed by atoms with van der Waals surface area (Å²) in [7, 11) is 0. The average molecular weight is 555 g/mol. The summed E-state index contributed by atoms with van der Waals surface area (Å²) in [5, 5.41) is 5.20. The Bertz CT molecular complexity index is 2040. The van der Waals surface area contributed by atoms with Gasteiger partial charge >= 0.3 is 0 Å². The Morgan fingerprint density at radius 1 is 0.366 bits per heavy atom. The standard InChI is InChI=1S/C38H23BS2/c1-2-12-24(13-3-1)36-26-14-4-6-16-28(26)37(29-17-7-5-15-27(29)36)25-22-34-38-35(23-25)41-33-21-11-9-19-31(33)39(38)30-18-8-10-20-32(30)40-34/h1-23H. The normalized spacial score (nSPS) is 13.1. The second-order valence-electron chi connectivity index (χ2n) is 10.8. The fourth-order valence-corrected chi connectivity index (χ4v) is 9.38. The lowest BCUT2D eigenvalue weighted by molar-refractivity contribution is 1.33. The van der Waals surface area contributed by atoms with Gasteiger partial charge in [-0.3, -0.25) is 0 Å². The highest BCUT2D eigenvalue weighted by atomic mass is 32.2. The number of fused-ring (bicyclic) bond motifs is 6. The number of hydrogen-bond acceptors (Lipinski definition) is 2. The van der Waals surface area contributed by atoms with Gasteiger partial charge in [0.25, 0.3) is 0 Å². The molecule has 0 N–H and O–H groups in total. The molecule has 7 aromatic rings. The van der Waals surface area contributed by atoms with Crippen molar-refractivity contribution >= 4 is 68.2 Å². The quantitative estimate of drug-likeness (QED) is 0.155. The van der Waals surface area contributed by atoms with E-state index in [1.54, 1.807) is 0 Å². The Morgan fingerprint density at radius 3 is 1.29 bits per heavy atom. The Hall–Kier alpha value is -4.18. The van der Waals surface area contributed by atoms with Crippen molar-refractivity contribution in [3.05, 3.63) is 140 Å². The summed E-state index contributed by atoms with van der Waals surface area (Å²) in [6.45, 7) is 0.276. The van der Waals surface area contributed by atoms with E-state index in [-0.39, 0.29) is 6.71 Å². The Balaban J connectivity index is 1.36. The molecule has 0 radical (unpaired) electrons. The van der Waals surface area contributed by atoms with Crippen LogP contribution >= 0.6 is 23.5 Å². The number of rotatable bonds is 2. The van der Waals surface area contributed by atoms with Crippen molar-refractivity contribution in [2.24, 2.45) is 0 Å². The lowest BCUT2D eigenvalue weighted by Gasteiger charge is -2.33. The molecule has 3 heteroatoms. The summed E-state index contributed by atoms with van der Waals surface area (Å²) < 4.78 is 0. The summed E-state index contributed by atoms with van der Waals surface area (Å²) in [6, 6.07) is 51.7. The first-order valence-electron chi connectivity index (χ1n) is 14.1. The highest BCUT2D eigenvalue weighted by Gasteiger charge is 2.38. The van der Waals surface area contributed by atoms with Crippen molar-refractivity contribution in [2.45, 2.75) is 19.6 Å². The fraction of sp³-hybridized carbons (Fsp3) is 0. The van der Waals surface area contributed by atoms with Crippen LogP contribution in [0.25, 0.3) is 43.8 Å². The first-order valence-corrected chi connectivity index (χ1v) is 15.7. The molecule has 41 heavy (non-hydrogen) atoms. The van der Waals surface area contributed by atoms with Gasteiger partial charge in [-0.25, -0.2) is 0 Å². The Labute approximate surface area is 248 Å². The third-order valence-electron chi connectivity index (χ3n) is 8.58. The molecular formula is C38H23BS2. The fourth-order valence-electron chi connectivity index (χ4n) is 6.89. The summed E-state index contributed by atoms with van der Waals surface area (Å²) in [5.74, 6) is 0. The van der Waals surface area contributed by atoms with E-state index in [0.29, 0.717) is 0 Å². The summed E-state index contributed by atoms with van der Waals surface area (Å²) in [6.07, 6.45) is 0. The van der Waals surface area contributed by atoms with Gasteiger partial charge in [0.2, 0.25) is 6.71 Å². The maximum atomic E-state index is 2.47. The largest absolute Gasteiger partial charge is 0.247 e. The van der Waals surface area contributed by atoms with Crippen molar-refractivity contribution in [1.82, 2.24) is 0 Å². The zero-order chi connectivity index (χ0) is 26.9. The van der Waals surface area contributed by atoms with E-state index in [2.05, 4.69) is 140 Å². The van der Waals surface area contributed by atoms with Crippen LogP contribution in [-0.4, -0.2) is 6.71 Å². The van der Waals surface area contributed by atoms with Crippen LogP contribution in [0.2, 0.25) is 0 Å². The third-order valence-corrected chi connectivity index (χ3v) is 10.9. The Kier molecular flexibility index (Phi) is 5.26. The average Bonchev–Trinajstić information content (AvgIpc) is 3.03. The molecular weight excluding hydrogens is 531 g/mol. The SMILES string of the molecule is c1ccc(-c2c3ccccc3c(-c3cc4c5c(c3)Sc3ccccc3B5c3ccccc3S4)c3ccccc23)cc1. The van der Waals surface area contributed by atoms with E-state index in [0.717, 1.165) is 0 Å². The first kappa shape index (κ1) is 23.5. The second kappa shape index (κ2) is 9.17. The summed E-state index contributed by atoms with van der Waals surface area (Å²) >= 11 is 3.86. The van der Waals surface area contributed by atoms with Gasteiger partial charge in [0.1, 0.15) is 0 Å². The van der Waals surface area contributed by atoms with Crippen LogP contribution in [-0.2, 0) is 0 Å². The van der Waals surface area contributed by atoms with Crippen molar-refractivity contribution < 1.29 is 0 Å². The minimum Gasteiger partial charge on any atom is -0.0911 e. The van der Waals surface area contributed by atoms with Gasteiger partial charge in [-0.1, -0.05) is 150 Å². The molecule has 9 rings (SSSR count). The third kappa shape index (κ3) is 3.53. The lowest BCUT2D eigenvalue weighted by Crippen LogP contribution is -2.57. The first-order chi connectivity index (χ1) is 20.3. The molecule has 0 saturated heterocycles. The van der Waals surface area contributed by atoms with E-state index < -0.39 is 0 Å². The monoisotopic (exact) mass is 554 g/mol.